The summed E-state index contributed by atoms with van der Waals surface area (Å²) < 4.78 is 7.70. The Bertz CT molecular complexity index is 1270. The van der Waals surface area contributed by atoms with Crippen LogP contribution in [0.15, 0.2) is 84.5 Å². The molecule has 2 aromatic carbocycles. The topological polar surface area (TPSA) is 66.8 Å². The second-order valence-corrected chi connectivity index (χ2v) is 17.8. The van der Waals surface area contributed by atoms with Crippen LogP contribution in [0.2, 0.25) is 5.04 Å². The number of aliphatic hydroxyl groups excluding tert-OH is 1. The number of unbranched alkanes of at least 4 members (excludes halogenated alkanes) is 1. The molecule has 5 heteroatoms. The number of benzene rings is 2. The van der Waals surface area contributed by atoms with Crippen molar-refractivity contribution in [3.63, 3.8) is 0 Å². The Morgan fingerprint density at radius 3 is 2.26 bits per heavy atom. The predicted molar refractivity (Wildman–Crippen MR) is 179 cm³/mol. The van der Waals surface area contributed by atoms with Crippen LogP contribution in [0, 0.1) is 35.5 Å². The third-order valence-electron chi connectivity index (χ3n) is 9.57. The first-order valence-electron chi connectivity index (χ1n) is 16.0. The van der Waals surface area contributed by atoms with Gasteiger partial charge in [0.25, 0.3) is 8.32 Å². The molecule has 0 spiro atoms. The summed E-state index contributed by atoms with van der Waals surface area (Å²) in [5.74, 6) is 6.56. The molecule has 2 aliphatic rings. The van der Waals surface area contributed by atoms with Crippen molar-refractivity contribution in [2.75, 3.05) is 0 Å². The van der Waals surface area contributed by atoms with Crippen molar-refractivity contribution in [1.82, 2.24) is 0 Å². The van der Waals surface area contributed by atoms with Crippen molar-refractivity contribution in [1.29, 1.82) is 0 Å². The molecule has 2 fully saturated rings. The maximum Gasteiger partial charge on any atom is 0.303 e. The van der Waals surface area contributed by atoms with E-state index in [-0.39, 0.29) is 29.4 Å². The number of rotatable bonds is 12. The van der Waals surface area contributed by atoms with Gasteiger partial charge in [-0.3, -0.25) is 4.79 Å². The summed E-state index contributed by atoms with van der Waals surface area (Å²) >= 11 is 0. The summed E-state index contributed by atoms with van der Waals surface area (Å²) in [7, 11) is -2.74. The molecule has 2 aliphatic carbocycles. The molecule has 2 saturated carbocycles. The van der Waals surface area contributed by atoms with Gasteiger partial charge in [0.1, 0.15) is 0 Å². The maximum atomic E-state index is 11.0. The smallest absolute Gasteiger partial charge is 0.303 e. The molecule has 230 valence electrons. The van der Waals surface area contributed by atoms with E-state index in [1.165, 1.54) is 15.9 Å². The van der Waals surface area contributed by atoms with Crippen LogP contribution < -0.4 is 10.4 Å². The second-order valence-electron chi connectivity index (χ2n) is 13.6. The zero-order valence-electron chi connectivity index (χ0n) is 26.6. The van der Waals surface area contributed by atoms with E-state index in [2.05, 4.69) is 112 Å². The van der Waals surface area contributed by atoms with Crippen molar-refractivity contribution in [2.24, 2.45) is 23.7 Å². The zero-order valence-corrected chi connectivity index (χ0v) is 27.6. The summed E-state index contributed by atoms with van der Waals surface area (Å²) in [6.07, 6.45) is 11.5. The van der Waals surface area contributed by atoms with E-state index in [9.17, 15) is 9.90 Å². The van der Waals surface area contributed by atoms with Crippen molar-refractivity contribution >= 4 is 24.7 Å². The number of aliphatic hydroxyl groups is 1. The molecule has 4 rings (SSSR count). The number of fused-ring (bicyclic) bond motifs is 1. The Hall–Kier alpha value is -2.91. The van der Waals surface area contributed by atoms with E-state index in [4.69, 9.17) is 9.53 Å². The van der Waals surface area contributed by atoms with E-state index >= 15 is 0 Å². The Balaban J connectivity index is 1.69. The molecular weight excluding hydrogens is 549 g/mol. The molecule has 0 heterocycles. The van der Waals surface area contributed by atoms with Crippen molar-refractivity contribution in [3.05, 3.63) is 84.5 Å². The van der Waals surface area contributed by atoms with Gasteiger partial charge in [0.05, 0.1) is 12.2 Å². The number of hydrogen-bond donors (Lipinski definition) is 2. The summed E-state index contributed by atoms with van der Waals surface area (Å²) in [5.41, 5.74) is 1.45. The van der Waals surface area contributed by atoms with Gasteiger partial charge in [0.15, 0.2) is 0 Å². The monoisotopic (exact) mass is 598 g/mol. The van der Waals surface area contributed by atoms with Gasteiger partial charge in [0.2, 0.25) is 0 Å². The van der Waals surface area contributed by atoms with Gasteiger partial charge in [-0.25, -0.2) is 0 Å². The average Bonchev–Trinajstić information content (AvgIpc) is 3.52. The number of aliphatic carboxylic acids is 1. The lowest BCUT2D eigenvalue weighted by atomic mass is 9.89. The van der Waals surface area contributed by atoms with Crippen LogP contribution in [0.3, 0.4) is 0 Å². The first-order valence-corrected chi connectivity index (χ1v) is 17.9. The number of allylic oxidation sites excluding steroid dienone is 2. The van der Waals surface area contributed by atoms with E-state index in [0.717, 1.165) is 25.7 Å². The maximum absolute atomic E-state index is 11.0. The quantitative estimate of drug-likeness (QED) is 0.118. The van der Waals surface area contributed by atoms with Gasteiger partial charge < -0.3 is 14.6 Å². The van der Waals surface area contributed by atoms with Crippen LogP contribution in [0.5, 0.6) is 0 Å². The molecule has 43 heavy (non-hydrogen) atoms. The van der Waals surface area contributed by atoms with Gasteiger partial charge >= 0.3 is 5.97 Å². The third-order valence-corrected chi connectivity index (χ3v) is 14.6. The molecule has 0 amide bonds. The second kappa shape index (κ2) is 14.7. The molecule has 0 radical (unpaired) electrons. The van der Waals surface area contributed by atoms with Crippen LogP contribution in [0.25, 0.3) is 0 Å². The molecule has 0 saturated heterocycles. The molecule has 0 bridgehead atoms. The Morgan fingerprint density at radius 2 is 1.70 bits per heavy atom. The minimum atomic E-state index is -2.74. The van der Waals surface area contributed by atoms with Crippen LogP contribution >= 0.6 is 0 Å². The average molecular weight is 599 g/mol. The molecule has 6 atom stereocenters. The van der Waals surface area contributed by atoms with Crippen LogP contribution in [-0.4, -0.2) is 36.7 Å². The molecular formula is C38H50O4Si. The summed E-state index contributed by atoms with van der Waals surface area (Å²) in [6.45, 7) is 10.9. The van der Waals surface area contributed by atoms with Crippen molar-refractivity contribution in [3.8, 4) is 11.8 Å². The fourth-order valence-electron chi connectivity index (χ4n) is 7.33. The van der Waals surface area contributed by atoms with E-state index in [0.29, 0.717) is 24.7 Å². The Morgan fingerprint density at radius 1 is 1.07 bits per heavy atom. The largest absolute Gasteiger partial charge is 0.481 e. The molecule has 2 N–H and O–H groups in total. The van der Waals surface area contributed by atoms with Gasteiger partial charge in [0, 0.05) is 18.8 Å². The summed E-state index contributed by atoms with van der Waals surface area (Å²) in [6, 6.07) is 21.7. The zero-order chi connectivity index (χ0) is 31.0. The van der Waals surface area contributed by atoms with E-state index in [1.807, 2.05) is 13.0 Å². The van der Waals surface area contributed by atoms with E-state index in [1.54, 1.807) is 0 Å². The lowest BCUT2D eigenvalue weighted by Crippen LogP contribution is -2.68. The van der Waals surface area contributed by atoms with E-state index < -0.39 is 20.4 Å². The van der Waals surface area contributed by atoms with Crippen LogP contribution in [0.1, 0.15) is 79.6 Å². The Labute approximate surface area is 260 Å². The number of hydrogen-bond acceptors (Lipinski definition) is 3. The number of carboxylic acids is 1. The van der Waals surface area contributed by atoms with Gasteiger partial charge in [-0.1, -0.05) is 112 Å². The number of carbonyl (C=O) groups is 1. The summed E-state index contributed by atoms with van der Waals surface area (Å²) in [4.78, 5) is 11.0. The summed E-state index contributed by atoms with van der Waals surface area (Å²) in [5, 5.41) is 22.6. The highest BCUT2D eigenvalue weighted by Crippen LogP contribution is 2.53. The molecule has 0 aromatic heterocycles. The normalized spacial score (nSPS) is 24.5. The molecule has 4 nitrogen and oxygen atoms in total. The van der Waals surface area contributed by atoms with Gasteiger partial charge in [-0.2, -0.15) is 0 Å². The minimum Gasteiger partial charge on any atom is -0.481 e. The predicted octanol–water partition coefficient (Wildman–Crippen LogP) is 7.13. The molecule has 2 aromatic rings. The standard InChI is InChI=1S/C38H50O4Si/c1-6-7-16-28(2)35(39)24-23-33-34-26-29(17-14-15-22-37(40)41)25-30(34)27-36(33)42-43(38(3,4)5,31-18-10-8-11-19-31)32-20-12-9-13-21-32/h8-13,17-21,23-24,28,30,33-36,39H,14-16,22,25-27H2,1-5H3,(H,40,41)/b24-23+,29-17+/t28?,30-,33+,34-,35+,36+/m0/s1. The first kappa shape index (κ1) is 33.0. The minimum absolute atomic E-state index is 0.0454. The van der Waals surface area contributed by atoms with Gasteiger partial charge in [-0.05, 0) is 72.2 Å². The van der Waals surface area contributed by atoms with Gasteiger partial charge in [-0.15, -0.1) is 11.8 Å². The lowest BCUT2D eigenvalue weighted by Gasteiger charge is -2.45. The Kier molecular flexibility index (Phi) is 11.3. The fraction of sp³-hybridized carbons (Fsp3) is 0.500. The third kappa shape index (κ3) is 7.79. The fourth-order valence-corrected chi connectivity index (χ4v) is 12.1. The lowest BCUT2D eigenvalue weighted by molar-refractivity contribution is -0.137. The highest BCUT2D eigenvalue weighted by molar-refractivity contribution is 6.99. The number of carboxylic acid groups (broad SMARTS) is 1. The molecule has 1 unspecified atom stereocenters. The SMILES string of the molecule is CC#CCC(C)[C@H](O)/C=C/[C@@H]1[C@H]2C/C(=C/CCCC(=O)O)C[C@H]2C[C@H]1O[Si](c1ccccc1)(c1ccccc1)C(C)(C)C. The first-order chi connectivity index (χ1) is 20.6. The highest BCUT2D eigenvalue weighted by Gasteiger charge is 2.55. The highest BCUT2D eigenvalue weighted by atomic mass is 28.4. The van der Waals surface area contributed by atoms with Crippen molar-refractivity contribution < 1.29 is 19.4 Å². The van der Waals surface area contributed by atoms with Crippen molar-refractivity contribution in [2.45, 2.75) is 96.8 Å². The molecule has 0 aliphatic heterocycles. The van der Waals surface area contributed by atoms with Crippen LogP contribution in [-0.2, 0) is 9.22 Å². The van der Waals surface area contributed by atoms with Crippen LogP contribution in [0.4, 0.5) is 0 Å².